The monoisotopic (exact) mass is 212 g/mol. The van der Waals surface area contributed by atoms with E-state index in [0.717, 1.165) is 12.0 Å². The molecule has 0 atom stereocenters. The lowest BCUT2D eigenvalue weighted by molar-refractivity contribution is 1.10. The summed E-state index contributed by atoms with van der Waals surface area (Å²) in [7, 11) is 0. The van der Waals surface area contributed by atoms with E-state index in [2.05, 4.69) is 43.1 Å². The minimum absolute atomic E-state index is 0.642. The van der Waals surface area contributed by atoms with Crippen molar-refractivity contribution in [2.75, 3.05) is 5.73 Å². The van der Waals surface area contributed by atoms with Crippen molar-refractivity contribution in [3.8, 4) is 0 Å². The smallest absolute Gasteiger partial charge is 0.127 e. The molecule has 1 aromatic carbocycles. The number of benzene rings is 1. The maximum Gasteiger partial charge on any atom is 0.127 e. The Morgan fingerprint density at radius 1 is 1.06 bits per heavy atom. The van der Waals surface area contributed by atoms with Gasteiger partial charge in [0.05, 0.1) is 0 Å². The lowest BCUT2D eigenvalue weighted by Gasteiger charge is -2.10. The maximum absolute atomic E-state index is 5.91. The Balaban J connectivity index is 2.38. The van der Waals surface area contributed by atoms with E-state index in [1.165, 1.54) is 16.7 Å². The number of nitrogen functional groups attached to an aromatic ring is 1. The van der Waals surface area contributed by atoms with Gasteiger partial charge in [-0.25, -0.2) is 4.98 Å². The molecule has 2 rings (SSSR count). The molecule has 82 valence electrons. The SMILES string of the molecule is Cc1ccccc1Cc1c(C)ccnc1N. The summed E-state index contributed by atoms with van der Waals surface area (Å²) in [6.07, 6.45) is 2.62. The fourth-order valence-corrected chi connectivity index (χ4v) is 1.84. The molecule has 1 heterocycles. The molecule has 0 unspecified atom stereocenters. The normalized spacial score (nSPS) is 10.4. The average molecular weight is 212 g/mol. The maximum atomic E-state index is 5.91. The molecule has 0 amide bonds. The number of anilines is 1. The van der Waals surface area contributed by atoms with Gasteiger partial charge in [0, 0.05) is 18.2 Å². The first kappa shape index (κ1) is 10.7. The largest absolute Gasteiger partial charge is 0.383 e. The van der Waals surface area contributed by atoms with Crippen LogP contribution in [0.4, 0.5) is 5.82 Å². The van der Waals surface area contributed by atoms with E-state index >= 15 is 0 Å². The fourth-order valence-electron chi connectivity index (χ4n) is 1.84. The second kappa shape index (κ2) is 4.35. The van der Waals surface area contributed by atoms with Crippen LogP contribution in [-0.2, 0) is 6.42 Å². The molecule has 0 aliphatic rings. The van der Waals surface area contributed by atoms with Crippen molar-refractivity contribution in [1.82, 2.24) is 4.98 Å². The molecule has 2 heteroatoms. The molecule has 2 aromatic rings. The van der Waals surface area contributed by atoms with Gasteiger partial charge in [0.25, 0.3) is 0 Å². The Hall–Kier alpha value is -1.83. The summed E-state index contributed by atoms with van der Waals surface area (Å²) in [4.78, 5) is 4.14. The van der Waals surface area contributed by atoms with Crippen LogP contribution in [0.25, 0.3) is 0 Å². The Kier molecular flexibility index (Phi) is 2.91. The highest BCUT2D eigenvalue weighted by Gasteiger charge is 2.06. The molecule has 1 aromatic heterocycles. The van der Waals surface area contributed by atoms with Gasteiger partial charge in [0.15, 0.2) is 0 Å². The fraction of sp³-hybridized carbons (Fsp3) is 0.214. The molecule has 0 aliphatic carbocycles. The van der Waals surface area contributed by atoms with Gasteiger partial charge < -0.3 is 5.73 Å². The molecule has 0 saturated heterocycles. The molecule has 0 radical (unpaired) electrons. The van der Waals surface area contributed by atoms with E-state index in [4.69, 9.17) is 5.73 Å². The van der Waals surface area contributed by atoms with E-state index in [1.54, 1.807) is 6.20 Å². The molecular formula is C14H16N2. The van der Waals surface area contributed by atoms with Gasteiger partial charge in [-0.15, -0.1) is 0 Å². The second-order valence-electron chi connectivity index (χ2n) is 4.09. The summed E-state index contributed by atoms with van der Waals surface area (Å²) >= 11 is 0. The molecule has 0 spiro atoms. The molecular weight excluding hydrogens is 196 g/mol. The first-order valence-corrected chi connectivity index (χ1v) is 5.43. The summed E-state index contributed by atoms with van der Waals surface area (Å²) in [5, 5.41) is 0. The zero-order valence-electron chi connectivity index (χ0n) is 9.70. The first-order valence-electron chi connectivity index (χ1n) is 5.43. The predicted molar refractivity (Wildman–Crippen MR) is 67.4 cm³/mol. The van der Waals surface area contributed by atoms with Gasteiger partial charge in [0.2, 0.25) is 0 Å². The molecule has 0 bridgehead atoms. The van der Waals surface area contributed by atoms with Crippen molar-refractivity contribution in [3.63, 3.8) is 0 Å². The van der Waals surface area contributed by atoms with Crippen molar-refractivity contribution < 1.29 is 0 Å². The summed E-state index contributed by atoms with van der Waals surface area (Å²) in [6, 6.07) is 10.4. The first-order chi connectivity index (χ1) is 7.68. The van der Waals surface area contributed by atoms with Gasteiger partial charge in [-0.05, 0) is 36.6 Å². The lowest BCUT2D eigenvalue weighted by atomic mass is 9.98. The van der Waals surface area contributed by atoms with E-state index < -0.39 is 0 Å². The summed E-state index contributed by atoms with van der Waals surface area (Å²) < 4.78 is 0. The highest BCUT2D eigenvalue weighted by molar-refractivity contribution is 5.47. The zero-order valence-corrected chi connectivity index (χ0v) is 9.70. The topological polar surface area (TPSA) is 38.9 Å². The van der Waals surface area contributed by atoms with Crippen molar-refractivity contribution in [1.29, 1.82) is 0 Å². The third-order valence-electron chi connectivity index (χ3n) is 2.95. The van der Waals surface area contributed by atoms with Crippen LogP contribution in [-0.4, -0.2) is 4.98 Å². The van der Waals surface area contributed by atoms with Gasteiger partial charge in [-0.2, -0.15) is 0 Å². The predicted octanol–water partition coefficient (Wildman–Crippen LogP) is 2.87. The highest BCUT2D eigenvalue weighted by atomic mass is 14.8. The van der Waals surface area contributed by atoms with Crippen LogP contribution in [0.3, 0.4) is 0 Å². The molecule has 2 N–H and O–H groups in total. The number of nitrogens with two attached hydrogens (primary N) is 1. The van der Waals surface area contributed by atoms with E-state index in [-0.39, 0.29) is 0 Å². The highest BCUT2D eigenvalue weighted by Crippen LogP contribution is 2.20. The quantitative estimate of drug-likeness (QED) is 0.831. The lowest BCUT2D eigenvalue weighted by Crippen LogP contribution is -2.02. The van der Waals surface area contributed by atoms with Gasteiger partial charge in [-0.3, -0.25) is 0 Å². The van der Waals surface area contributed by atoms with E-state index in [1.807, 2.05) is 6.07 Å². The Labute approximate surface area is 96.1 Å². The number of pyridine rings is 1. The summed E-state index contributed by atoms with van der Waals surface area (Å²) in [6.45, 7) is 4.20. The van der Waals surface area contributed by atoms with Crippen LogP contribution in [0.2, 0.25) is 0 Å². The van der Waals surface area contributed by atoms with Crippen molar-refractivity contribution in [3.05, 3.63) is 58.8 Å². The van der Waals surface area contributed by atoms with Crippen LogP contribution in [0.5, 0.6) is 0 Å². The number of nitrogens with zero attached hydrogens (tertiary/aromatic N) is 1. The van der Waals surface area contributed by atoms with Crippen LogP contribution >= 0.6 is 0 Å². The van der Waals surface area contributed by atoms with E-state index in [0.29, 0.717) is 5.82 Å². The van der Waals surface area contributed by atoms with Crippen LogP contribution in [0, 0.1) is 13.8 Å². The molecule has 16 heavy (non-hydrogen) atoms. The van der Waals surface area contributed by atoms with Gasteiger partial charge in [-0.1, -0.05) is 24.3 Å². The van der Waals surface area contributed by atoms with Crippen LogP contribution in [0.15, 0.2) is 36.5 Å². The number of aromatic nitrogens is 1. The summed E-state index contributed by atoms with van der Waals surface area (Å²) in [5.74, 6) is 0.642. The molecule has 0 fully saturated rings. The number of hydrogen-bond donors (Lipinski definition) is 1. The Morgan fingerprint density at radius 3 is 2.50 bits per heavy atom. The van der Waals surface area contributed by atoms with Crippen LogP contribution in [0.1, 0.15) is 22.3 Å². The van der Waals surface area contributed by atoms with Crippen molar-refractivity contribution >= 4 is 5.82 Å². The Bertz CT molecular complexity index is 484. The van der Waals surface area contributed by atoms with Gasteiger partial charge in [0.1, 0.15) is 5.82 Å². The molecule has 2 nitrogen and oxygen atoms in total. The Morgan fingerprint density at radius 2 is 1.81 bits per heavy atom. The minimum Gasteiger partial charge on any atom is -0.383 e. The van der Waals surface area contributed by atoms with E-state index in [9.17, 15) is 0 Å². The van der Waals surface area contributed by atoms with Crippen molar-refractivity contribution in [2.24, 2.45) is 0 Å². The third-order valence-corrected chi connectivity index (χ3v) is 2.95. The second-order valence-corrected chi connectivity index (χ2v) is 4.09. The van der Waals surface area contributed by atoms with Crippen molar-refractivity contribution in [2.45, 2.75) is 20.3 Å². The standard InChI is InChI=1S/C14H16N2/c1-10-5-3-4-6-12(10)9-13-11(2)7-8-16-14(13)15/h3-8H,9H2,1-2H3,(H2,15,16). The number of hydrogen-bond acceptors (Lipinski definition) is 2. The minimum atomic E-state index is 0.642. The third kappa shape index (κ3) is 2.06. The number of aryl methyl sites for hydroxylation is 2. The average Bonchev–Trinajstić information content (AvgIpc) is 2.26. The van der Waals surface area contributed by atoms with Crippen LogP contribution < -0.4 is 5.73 Å². The molecule has 0 aliphatic heterocycles. The molecule has 0 saturated carbocycles. The number of rotatable bonds is 2. The van der Waals surface area contributed by atoms with Gasteiger partial charge >= 0.3 is 0 Å². The zero-order chi connectivity index (χ0) is 11.5. The summed E-state index contributed by atoms with van der Waals surface area (Å²) in [5.41, 5.74) is 10.9.